The van der Waals surface area contributed by atoms with E-state index in [9.17, 15) is 4.79 Å². The summed E-state index contributed by atoms with van der Waals surface area (Å²) < 4.78 is 1.12. The van der Waals surface area contributed by atoms with Crippen molar-refractivity contribution in [3.63, 3.8) is 0 Å². The molecule has 0 aliphatic heterocycles. The van der Waals surface area contributed by atoms with Crippen molar-refractivity contribution in [2.24, 2.45) is 5.41 Å². The van der Waals surface area contributed by atoms with Crippen molar-refractivity contribution in [3.05, 3.63) is 23.8 Å². The lowest BCUT2D eigenvalue weighted by molar-refractivity contribution is -0.123. The van der Waals surface area contributed by atoms with Crippen LogP contribution in [0.4, 0.5) is 5.13 Å². The third kappa shape index (κ3) is 2.95. The number of rotatable bonds is 2. The number of nitrogens with zero attached hydrogens (tertiary/aromatic N) is 1. The molecule has 102 valence electrons. The third-order valence-electron chi connectivity index (χ3n) is 2.97. The fraction of sp³-hybridized carbons (Fsp3) is 0.467. The molecule has 0 unspecified atom stereocenters. The maximum absolute atomic E-state index is 12.0. The van der Waals surface area contributed by atoms with E-state index in [2.05, 4.69) is 30.2 Å². The molecule has 4 heteroatoms. The molecule has 0 bridgehead atoms. The number of nitrogens with one attached hydrogen (secondary N) is 1. The van der Waals surface area contributed by atoms with Crippen molar-refractivity contribution in [2.45, 2.75) is 40.5 Å². The molecule has 0 saturated carbocycles. The van der Waals surface area contributed by atoms with Crippen molar-refractivity contribution in [2.75, 3.05) is 5.32 Å². The number of benzene rings is 1. The molecule has 0 aliphatic rings. The molecule has 3 nitrogen and oxygen atoms in total. The SMILES string of the molecule is CC(C)c1cccc2sc(NC(=O)C(C)(C)C)nc12. The summed E-state index contributed by atoms with van der Waals surface area (Å²) >= 11 is 1.53. The van der Waals surface area contributed by atoms with Gasteiger partial charge in [-0.15, -0.1) is 0 Å². The first-order chi connectivity index (χ1) is 8.79. The topological polar surface area (TPSA) is 42.0 Å². The van der Waals surface area contributed by atoms with Crippen molar-refractivity contribution in [1.29, 1.82) is 0 Å². The van der Waals surface area contributed by atoms with Gasteiger partial charge in [-0.3, -0.25) is 4.79 Å². The smallest absolute Gasteiger partial charge is 0.231 e. The van der Waals surface area contributed by atoms with Gasteiger partial charge in [0.05, 0.1) is 10.2 Å². The number of amides is 1. The van der Waals surface area contributed by atoms with Crippen molar-refractivity contribution in [1.82, 2.24) is 4.98 Å². The fourth-order valence-corrected chi connectivity index (χ4v) is 2.67. The number of carbonyl (C=O) groups is 1. The summed E-state index contributed by atoms with van der Waals surface area (Å²) in [6, 6.07) is 6.19. The lowest BCUT2D eigenvalue weighted by Crippen LogP contribution is -2.27. The van der Waals surface area contributed by atoms with Crippen LogP contribution in [0.25, 0.3) is 10.2 Å². The Balaban J connectivity index is 2.37. The van der Waals surface area contributed by atoms with E-state index in [0.717, 1.165) is 10.2 Å². The van der Waals surface area contributed by atoms with Gasteiger partial charge in [-0.25, -0.2) is 4.98 Å². The van der Waals surface area contributed by atoms with Crippen LogP contribution in [-0.2, 0) is 4.79 Å². The Morgan fingerprint density at radius 2 is 2.00 bits per heavy atom. The molecule has 19 heavy (non-hydrogen) atoms. The molecular formula is C15H20N2OS. The minimum atomic E-state index is -0.404. The molecule has 0 saturated heterocycles. The molecule has 0 aliphatic carbocycles. The van der Waals surface area contributed by atoms with Crippen LogP contribution < -0.4 is 5.32 Å². The fourth-order valence-electron chi connectivity index (χ4n) is 1.77. The molecule has 1 aromatic heterocycles. The monoisotopic (exact) mass is 276 g/mol. The Labute approximate surface area is 118 Å². The van der Waals surface area contributed by atoms with Gasteiger partial charge in [0.25, 0.3) is 0 Å². The van der Waals surface area contributed by atoms with Gasteiger partial charge in [-0.05, 0) is 17.5 Å². The number of hydrogen-bond donors (Lipinski definition) is 1. The van der Waals surface area contributed by atoms with E-state index in [-0.39, 0.29) is 5.91 Å². The van der Waals surface area contributed by atoms with Crippen LogP contribution in [0.1, 0.15) is 46.1 Å². The summed E-state index contributed by atoms with van der Waals surface area (Å²) in [7, 11) is 0. The zero-order valence-corrected chi connectivity index (χ0v) is 12.9. The predicted molar refractivity (Wildman–Crippen MR) is 81.8 cm³/mol. The minimum absolute atomic E-state index is 0.00217. The van der Waals surface area contributed by atoms with E-state index >= 15 is 0 Å². The van der Waals surface area contributed by atoms with E-state index < -0.39 is 5.41 Å². The molecule has 0 atom stereocenters. The van der Waals surface area contributed by atoms with Crippen LogP contribution in [0.5, 0.6) is 0 Å². The molecule has 0 spiro atoms. The first-order valence-electron chi connectivity index (χ1n) is 6.50. The summed E-state index contributed by atoms with van der Waals surface area (Å²) in [6.07, 6.45) is 0. The van der Waals surface area contributed by atoms with Gasteiger partial charge in [0.1, 0.15) is 0 Å². The molecule has 1 heterocycles. The van der Waals surface area contributed by atoms with E-state index in [1.807, 2.05) is 32.9 Å². The van der Waals surface area contributed by atoms with Gasteiger partial charge < -0.3 is 5.32 Å². The van der Waals surface area contributed by atoms with Crippen LogP contribution >= 0.6 is 11.3 Å². The van der Waals surface area contributed by atoms with E-state index in [1.54, 1.807) is 0 Å². The van der Waals surface area contributed by atoms with Crippen LogP contribution in [0.3, 0.4) is 0 Å². The molecule has 0 fully saturated rings. The van der Waals surface area contributed by atoms with Crippen LogP contribution in [-0.4, -0.2) is 10.9 Å². The minimum Gasteiger partial charge on any atom is -0.301 e. The summed E-state index contributed by atoms with van der Waals surface area (Å²) in [4.78, 5) is 16.6. The summed E-state index contributed by atoms with van der Waals surface area (Å²) in [5, 5.41) is 3.59. The molecule has 1 N–H and O–H groups in total. The maximum Gasteiger partial charge on any atom is 0.231 e. The van der Waals surface area contributed by atoms with Gasteiger partial charge in [-0.2, -0.15) is 0 Å². The number of para-hydroxylation sites is 1. The van der Waals surface area contributed by atoms with Gasteiger partial charge in [0, 0.05) is 5.41 Å². The highest BCUT2D eigenvalue weighted by Gasteiger charge is 2.22. The zero-order valence-electron chi connectivity index (χ0n) is 12.1. The van der Waals surface area contributed by atoms with Gasteiger partial charge in [-0.1, -0.05) is 58.1 Å². The first kappa shape index (κ1) is 14.0. The average Bonchev–Trinajstić information content (AvgIpc) is 2.68. The number of hydrogen-bond acceptors (Lipinski definition) is 3. The highest BCUT2D eigenvalue weighted by Crippen LogP contribution is 2.32. The zero-order chi connectivity index (χ0) is 14.2. The second-order valence-corrected chi connectivity index (χ2v) is 7.10. The normalized spacial score (nSPS) is 12.1. The largest absolute Gasteiger partial charge is 0.301 e. The summed E-state index contributed by atoms with van der Waals surface area (Å²) in [6.45, 7) is 10.0. The Hall–Kier alpha value is -1.42. The average molecular weight is 276 g/mol. The van der Waals surface area contributed by atoms with Crippen molar-refractivity contribution in [3.8, 4) is 0 Å². The number of aromatic nitrogens is 1. The highest BCUT2D eigenvalue weighted by atomic mass is 32.1. The third-order valence-corrected chi connectivity index (χ3v) is 3.91. The summed E-state index contributed by atoms with van der Waals surface area (Å²) in [5.74, 6) is 0.426. The lowest BCUT2D eigenvalue weighted by atomic mass is 9.96. The quantitative estimate of drug-likeness (QED) is 0.883. The van der Waals surface area contributed by atoms with Gasteiger partial charge in [0.2, 0.25) is 5.91 Å². The molecular weight excluding hydrogens is 256 g/mol. The number of anilines is 1. The Morgan fingerprint density at radius 3 is 2.58 bits per heavy atom. The number of thiazole rings is 1. The van der Waals surface area contributed by atoms with Crippen molar-refractivity contribution >= 4 is 32.6 Å². The standard InChI is InChI=1S/C15H20N2OS/c1-9(2)10-7-6-8-11-12(10)16-14(19-11)17-13(18)15(3,4)5/h6-9H,1-5H3,(H,16,17,18). The van der Waals surface area contributed by atoms with Gasteiger partial charge >= 0.3 is 0 Å². The van der Waals surface area contributed by atoms with E-state index in [1.165, 1.54) is 16.9 Å². The van der Waals surface area contributed by atoms with Crippen molar-refractivity contribution < 1.29 is 4.79 Å². The molecule has 2 aromatic rings. The summed E-state index contributed by atoms with van der Waals surface area (Å²) in [5.41, 5.74) is 1.83. The predicted octanol–water partition coefficient (Wildman–Crippen LogP) is 4.40. The van der Waals surface area contributed by atoms with E-state index in [4.69, 9.17) is 0 Å². The second kappa shape index (κ2) is 4.93. The van der Waals surface area contributed by atoms with Crippen LogP contribution in [0.2, 0.25) is 0 Å². The van der Waals surface area contributed by atoms with Gasteiger partial charge in [0.15, 0.2) is 5.13 Å². The molecule has 1 aromatic carbocycles. The van der Waals surface area contributed by atoms with E-state index in [0.29, 0.717) is 11.0 Å². The second-order valence-electron chi connectivity index (χ2n) is 6.07. The van der Waals surface area contributed by atoms with Crippen LogP contribution in [0, 0.1) is 5.41 Å². The Bertz CT molecular complexity index is 608. The maximum atomic E-state index is 12.0. The van der Waals surface area contributed by atoms with Crippen LogP contribution in [0.15, 0.2) is 18.2 Å². The number of carbonyl (C=O) groups excluding carboxylic acids is 1. The first-order valence-corrected chi connectivity index (χ1v) is 7.31. The molecule has 0 radical (unpaired) electrons. The Morgan fingerprint density at radius 1 is 1.32 bits per heavy atom. The highest BCUT2D eigenvalue weighted by molar-refractivity contribution is 7.22. The molecule has 1 amide bonds. The molecule has 2 rings (SSSR count). The Kier molecular flexibility index (Phi) is 3.63. The number of fused-ring (bicyclic) bond motifs is 1. The lowest BCUT2D eigenvalue weighted by Gasteiger charge is -2.15.